The lowest BCUT2D eigenvalue weighted by molar-refractivity contribution is -0.0948. The minimum absolute atomic E-state index is 0.203. The van der Waals surface area contributed by atoms with Crippen molar-refractivity contribution in [2.75, 3.05) is 40.1 Å². The number of carbonyl (C=O) groups is 1. The largest absolute Gasteiger partial charge is 0.493 e. The molecule has 1 saturated heterocycles. The zero-order valence-corrected chi connectivity index (χ0v) is 33.8. The Balaban J connectivity index is 1.25. The Kier molecular flexibility index (Phi) is 13.1. The van der Waals surface area contributed by atoms with E-state index in [-0.39, 0.29) is 24.8 Å². The molecule has 0 atom stereocenters. The summed E-state index contributed by atoms with van der Waals surface area (Å²) in [6.45, 7) is 13.1. The summed E-state index contributed by atoms with van der Waals surface area (Å²) >= 11 is 0. The molecule has 0 amide bonds. The number of allylic oxidation sites excluding steroid dienone is 1. The normalized spacial score (nSPS) is 13.8. The van der Waals surface area contributed by atoms with Crippen molar-refractivity contribution in [3.63, 3.8) is 0 Å². The van der Waals surface area contributed by atoms with E-state index in [9.17, 15) is 4.79 Å². The Hall–Kier alpha value is -5.68. The van der Waals surface area contributed by atoms with Crippen LogP contribution in [-0.4, -0.2) is 60.5 Å². The minimum atomic E-state index is -0.375. The number of ether oxygens (including phenoxy) is 6. The summed E-state index contributed by atoms with van der Waals surface area (Å²) in [6.07, 6.45) is 6.41. The molecule has 1 aliphatic rings. The third kappa shape index (κ3) is 8.32. The molecule has 7 rings (SSSR count). The van der Waals surface area contributed by atoms with Gasteiger partial charge in [0.25, 0.3) is 0 Å². The average molecular weight is 784 g/mol. The lowest BCUT2D eigenvalue weighted by Gasteiger charge is -2.36. The van der Waals surface area contributed by atoms with Crippen molar-refractivity contribution in [2.24, 2.45) is 7.05 Å². The van der Waals surface area contributed by atoms with Crippen molar-refractivity contribution >= 4 is 27.6 Å². The first-order valence-electron chi connectivity index (χ1n) is 20.1. The third-order valence-electron chi connectivity index (χ3n) is 11.0. The Morgan fingerprint density at radius 1 is 0.914 bits per heavy atom. The molecule has 0 radical (unpaired) electrons. The van der Waals surface area contributed by atoms with Crippen LogP contribution in [0.15, 0.2) is 110 Å². The van der Waals surface area contributed by atoms with E-state index in [0.29, 0.717) is 63.9 Å². The molecule has 0 unspecified atom stereocenters. The predicted molar refractivity (Wildman–Crippen MR) is 227 cm³/mol. The fourth-order valence-corrected chi connectivity index (χ4v) is 8.19. The SMILES string of the molecule is C=CCOCc1c(-c2cccc3c(CCCOc4cccc5ccccc45)c(C(=O)OCC)n(CC=C)c23)c(COc2ccc(C3(OC)CCOCC3)cc2)nn1C. The highest BCUT2D eigenvalue weighted by Gasteiger charge is 2.34. The number of carbonyl (C=O) groups excluding carboxylic acids is 1. The first kappa shape index (κ1) is 40.5. The number of methoxy groups -OCH3 is 1. The highest BCUT2D eigenvalue weighted by atomic mass is 16.5. The second-order valence-electron chi connectivity index (χ2n) is 14.4. The molecular formula is C48H53N3O7. The molecule has 0 saturated carbocycles. The maximum Gasteiger partial charge on any atom is 0.355 e. The van der Waals surface area contributed by atoms with Gasteiger partial charge in [0.2, 0.25) is 0 Å². The topological polar surface area (TPSA) is 95.2 Å². The van der Waals surface area contributed by atoms with Gasteiger partial charge in [-0.05, 0) is 54.5 Å². The fourth-order valence-electron chi connectivity index (χ4n) is 8.19. The summed E-state index contributed by atoms with van der Waals surface area (Å²) < 4.78 is 40.1. The van der Waals surface area contributed by atoms with E-state index in [1.807, 2.05) is 71.8 Å². The number of esters is 1. The molecule has 6 aromatic rings. The number of aromatic nitrogens is 3. The van der Waals surface area contributed by atoms with Crippen molar-refractivity contribution in [3.8, 4) is 22.6 Å². The molecule has 4 aromatic carbocycles. The molecule has 0 spiro atoms. The number of benzene rings is 4. The van der Waals surface area contributed by atoms with Crippen molar-refractivity contribution in [2.45, 2.75) is 58.0 Å². The van der Waals surface area contributed by atoms with Crippen LogP contribution in [0.25, 0.3) is 32.8 Å². The lowest BCUT2D eigenvalue weighted by atomic mass is 9.86. The number of fused-ring (bicyclic) bond motifs is 2. The van der Waals surface area contributed by atoms with E-state index < -0.39 is 0 Å². The van der Waals surface area contributed by atoms with Crippen LogP contribution < -0.4 is 9.47 Å². The molecule has 0 N–H and O–H groups in total. The highest BCUT2D eigenvalue weighted by Crippen LogP contribution is 2.40. The first-order valence-corrected chi connectivity index (χ1v) is 20.1. The molecule has 58 heavy (non-hydrogen) atoms. The molecule has 0 aliphatic carbocycles. The van der Waals surface area contributed by atoms with Crippen molar-refractivity contribution < 1.29 is 33.2 Å². The van der Waals surface area contributed by atoms with E-state index >= 15 is 0 Å². The smallest absolute Gasteiger partial charge is 0.355 e. The molecule has 2 aromatic heterocycles. The summed E-state index contributed by atoms with van der Waals surface area (Å²) in [7, 11) is 3.68. The van der Waals surface area contributed by atoms with Crippen LogP contribution in [0.3, 0.4) is 0 Å². The van der Waals surface area contributed by atoms with Gasteiger partial charge in [-0.3, -0.25) is 4.68 Å². The zero-order valence-electron chi connectivity index (χ0n) is 33.8. The van der Waals surface area contributed by atoms with E-state index in [1.54, 1.807) is 13.2 Å². The Morgan fingerprint density at radius 3 is 2.43 bits per heavy atom. The molecular weight excluding hydrogens is 731 g/mol. The summed E-state index contributed by atoms with van der Waals surface area (Å²) in [5, 5.41) is 8.15. The summed E-state index contributed by atoms with van der Waals surface area (Å²) in [6, 6.07) is 28.6. The Labute approximate surface area is 340 Å². The number of aryl methyl sites for hydroxylation is 2. The maximum absolute atomic E-state index is 13.9. The van der Waals surface area contributed by atoms with E-state index in [4.69, 9.17) is 33.5 Å². The number of para-hydroxylation sites is 1. The van der Waals surface area contributed by atoms with Crippen molar-refractivity contribution in [1.82, 2.24) is 14.3 Å². The van der Waals surface area contributed by atoms with Gasteiger partial charge in [0.05, 0.1) is 43.2 Å². The van der Waals surface area contributed by atoms with Crippen molar-refractivity contribution in [3.05, 3.63) is 138 Å². The summed E-state index contributed by atoms with van der Waals surface area (Å²) in [4.78, 5) is 13.9. The van der Waals surface area contributed by atoms with Gasteiger partial charge in [-0.2, -0.15) is 5.10 Å². The standard InChI is InChI=1S/C48H53N3O7/c1-6-27-51-45-38(39(46(51)47(52)56-8-3)19-13-29-57-43-20-11-15-34-14-9-10-16-37(34)43)17-12-18-40(45)44-41(49-50(4)42(44)33-55-28-7-2)32-58-36-23-21-35(22-24-36)48(53-5)25-30-54-31-26-48/h6-7,9-12,14-18,20-24H,1-2,8,13,19,25-33H2,3-5H3. The monoisotopic (exact) mass is 783 g/mol. The molecule has 0 bridgehead atoms. The van der Waals surface area contributed by atoms with E-state index in [0.717, 1.165) is 73.9 Å². The lowest BCUT2D eigenvalue weighted by Crippen LogP contribution is -2.35. The van der Waals surface area contributed by atoms with Crippen LogP contribution in [0.4, 0.5) is 0 Å². The van der Waals surface area contributed by atoms with Crippen LogP contribution in [-0.2, 0) is 57.8 Å². The zero-order chi connectivity index (χ0) is 40.5. The minimum Gasteiger partial charge on any atom is -0.493 e. The van der Waals surface area contributed by atoms with Crippen LogP contribution >= 0.6 is 0 Å². The van der Waals surface area contributed by atoms with Gasteiger partial charge in [0.1, 0.15) is 29.5 Å². The highest BCUT2D eigenvalue weighted by molar-refractivity contribution is 6.05. The van der Waals surface area contributed by atoms with Crippen molar-refractivity contribution in [1.29, 1.82) is 0 Å². The fraction of sp³-hybridized carbons (Fsp3) is 0.333. The van der Waals surface area contributed by atoms with E-state index in [2.05, 4.69) is 55.6 Å². The number of nitrogens with zero attached hydrogens (tertiary/aromatic N) is 3. The maximum atomic E-state index is 13.9. The number of rotatable bonds is 19. The molecule has 302 valence electrons. The van der Waals surface area contributed by atoms with Gasteiger partial charge in [-0.15, -0.1) is 13.2 Å². The van der Waals surface area contributed by atoms with Gasteiger partial charge >= 0.3 is 5.97 Å². The van der Waals surface area contributed by atoms with Gasteiger partial charge < -0.3 is 33.0 Å². The van der Waals surface area contributed by atoms with Gasteiger partial charge in [0.15, 0.2) is 0 Å². The second-order valence-corrected chi connectivity index (χ2v) is 14.4. The third-order valence-corrected chi connectivity index (χ3v) is 11.0. The second kappa shape index (κ2) is 18.7. The quantitative estimate of drug-likeness (QED) is 0.0456. The van der Waals surface area contributed by atoms with Gasteiger partial charge in [0, 0.05) is 68.7 Å². The first-order chi connectivity index (χ1) is 28.4. The van der Waals surface area contributed by atoms with Crippen LogP contribution in [0.1, 0.15) is 59.2 Å². The number of hydrogen-bond acceptors (Lipinski definition) is 8. The molecule has 3 heterocycles. The molecule has 1 fully saturated rings. The van der Waals surface area contributed by atoms with Crippen LogP contribution in [0.5, 0.6) is 11.5 Å². The van der Waals surface area contributed by atoms with Gasteiger partial charge in [-0.25, -0.2) is 4.79 Å². The average Bonchev–Trinajstić information content (AvgIpc) is 3.75. The van der Waals surface area contributed by atoms with Gasteiger partial charge in [-0.1, -0.05) is 78.9 Å². The molecule has 10 heteroatoms. The summed E-state index contributed by atoms with van der Waals surface area (Å²) in [5.41, 5.74) is 6.45. The Morgan fingerprint density at radius 2 is 1.67 bits per heavy atom. The Bertz CT molecular complexity index is 2360. The van der Waals surface area contributed by atoms with Crippen LogP contribution in [0.2, 0.25) is 0 Å². The molecule has 10 nitrogen and oxygen atoms in total. The predicted octanol–water partition coefficient (Wildman–Crippen LogP) is 9.50. The van der Waals surface area contributed by atoms with Crippen LogP contribution in [0, 0.1) is 0 Å². The number of hydrogen-bond donors (Lipinski definition) is 0. The summed E-state index contributed by atoms with van der Waals surface area (Å²) in [5.74, 6) is 1.18. The van der Waals surface area contributed by atoms with E-state index in [1.165, 1.54) is 0 Å². The molecule has 1 aliphatic heterocycles.